The molecule has 1 amide bonds. The highest BCUT2D eigenvalue weighted by Gasteiger charge is 2.60. The summed E-state index contributed by atoms with van der Waals surface area (Å²) in [6, 6.07) is 11.9. The first-order chi connectivity index (χ1) is 24.4. The Morgan fingerprint density at radius 3 is 2.31 bits per heavy atom. The van der Waals surface area contributed by atoms with Crippen LogP contribution < -0.4 is 5.73 Å². The molecule has 4 aromatic rings. The number of aromatic nitrogens is 5. The fourth-order valence-electron chi connectivity index (χ4n) is 6.67. The van der Waals surface area contributed by atoms with E-state index in [0.29, 0.717) is 21.6 Å². The van der Waals surface area contributed by atoms with Crippen LogP contribution in [0.5, 0.6) is 0 Å². The van der Waals surface area contributed by atoms with Crippen molar-refractivity contribution in [2.45, 2.75) is 77.4 Å². The number of rotatable bonds is 12. The molecule has 1 fully saturated rings. The zero-order valence-electron chi connectivity index (χ0n) is 28.9. The summed E-state index contributed by atoms with van der Waals surface area (Å²) in [6.45, 7) is 3.06. The molecule has 0 unspecified atom stereocenters. The first-order valence-corrected chi connectivity index (χ1v) is 16.9. The van der Waals surface area contributed by atoms with Crippen molar-refractivity contribution >= 4 is 29.4 Å². The van der Waals surface area contributed by atoms with Crippen molar-refractivity contribution in [3.05, 3.63) is 83.4 Å². The molecular weight excluding hydrogens is 704 g/mol. The Morgan fingerprint density at radius 1 is 1.04 bits per heavy atom. The number of aliphatic imine (C=N–C) groups is 1. The number of hydrogen-bond acceptors (Lipinski definition) is 9. The van der Waals surface area contributed by atoms with Crippen molar-refractivity contribution in [2.24, 2.45) is 21.6 Å². The van der Waals surface area contributed by atoms with Gasteiger partial charge in [0.25, 0.3) is 11.8 Å². The zero-order valence-corrected chi connectivity index (χ0v) is 29.6. The fraction of sp³-hybridized carbons (Fsp3) is 0.417. The topological polar surface area (TPSA) is 141 Å². The average Bonchev–Trinajstić information content (AvgIpc) is 3.63. The van der Waals surface area contributed by atoms with E-state index in [1.165, 1.54) is 23.1 Å². The van der Waals surface area contributed by atoms with Gasteiger partial charge in [0.2, 0.25) is 0 Å². The maximum Gasteiger partial charge on any atom is 0.335 e. The van der Waals surface area contributed by atoms with E-state index in [4.69, 9.17) is 27.1 Å². The Labute approximate surface area is 302 Å². The van der Waals surface area contributed by atoms with Crippen LogP contribution in [-0.4, -0.2) is 60.0 Å². The molecule has 0 saturated heterocycles. The molecule has 1 saturated carbocycles. The monoisotopic (exact) mass is 740 g/mol. The Hall–Kier alpha value is -4.92. The number of guanidine groups is 1. The van der Waals surface area contributed by atoms with Crippen LogP contribution in [0.3, 0.4) is 0 Å². The average molecular weight is 741 g/mol. The van der Waals surface area contributed by atoms with Gasteiger partial charge in [-0.2, -0.15) is 18.6 Å². The molecule has 2 N–H and O–H groups in total. The van der Waals surface area contributed by atoms with Crippen LogP contribution in [0.2, 0.25) is 5.02 Å². The van der Waals surface area contributed by atoms with Crippen molar-refractivity contribution in [2.75, 3.05) is 6.61 Å². The SMILES string of the molecule is CC(C)(C)C[C@]1(c2ccc(-c3ncccn3)cc2)N=C(N)N([C@H](COC(=O)CC2(C(C)(F)F)CC2)c2ccc(Cl)c(-c3ncnn3C(F)F)c2)C1=O. The summed E-state index contributed by atoms with van der Waals surface area (Å²) in [5, 5.41) is 3.65. The molecule has 2 aromatic heterocycles. The number of benzene rings is 2. The van der Waals surface area contributed by atoms with Gasteiger partial charge in [0.15, 0.2) is 23.1 Å². The van der Waals surface area contributed by atoms with Gasteiger partial charge in [0.05, 0.1) is 17.5 Å². The number of halogens is 5. The fourth-order valence-corrected chi connectivity index (χ4v) is 6.87. The highest BCUT2D eigenvalue weighted by molar-refractivity contribution is 6.33. The standard InChI is InChI=1S/C36H37ClF4N8O3/c1-33(2,3)19-36(23-9-6-21(7-10-23)28-43-14-5-15-44-28)30(51)48(32(42)47-36)26(18-52-27(50)17-35(12-13-35)34(4,40)41)22-8-11-25(37)24(16-22)29-45-20-46-49(29)31(38)39/h5-11,14-16,20,26,31H,12-13,17-19H2,1-4H3,(H2,42,47)/t26-,36-/m1/s1. The molecule has 0 spiro atoms. The minimum absolute atomic E-state index is 0.0502. The Balaban J connectivity index is 1.41. The molecule has 52 heavy (non-hydrogen) atoms. The third-order valence-electron chi connectivity index (χ3n) is 9.45. The molecule has 2 atom stereocenters. The van der Waals surface area contributed by atoms with Gasteiger partial charge in [0.1, 0.15) is 12.9 Å². The number of amides is 1. The Kier molecular flexibility index (Phi) is 9.62. The summed E-state index contributed by atoms with van der Waals surface area (Å²) in [5.74, 6) is -4.51. The predicted octanol–water partition coefficient (Wildman–Crippen LogP) is 7.35. The molecule has 6 rings (SSSR count). The van der Waals surface area contributed by atoms with E-state index >= 15 is 0 Å². The number of carbonyl (C=O) groups is 2. The van der Waals surface area contributed by atoms with Crippen molar-refractivity contribution in [3.8, 4) is 22.8 Å². The number of alkyl halides is 4. The molecule has 274 valence electrons. The van der Waals surface area contributed by atoms with Crippen molar-refractivity contribution in [3.63, 3.8) is 0 Å². The normalized spacial score (nSPS) is 19.2. The van der Waals surface area contributed by atoms with Gasteiger partial charge in [-0.3, -0.25) is 14.5 Å². The third-order valence-corrected chi connectivity index (χ3v) is 9.78. The summed E-state index contributed by atoms with van der Waals surface area (Å²) < 4.78 is 62.4. The molecule has 3 heterocycles. The molecular formula is C36H37ClF4N8O3. The molecule has 0 radical (unpaired) electrons. The first-order valence-electron chi connectivity index (χ1n) is 16.5. The van der Waals surface area contributed by atoms with Crippen LogP contribution in [0.1, 0.15) is 77.1 Å². The van der Waals surface area contributed by atoms with Crippen LogP contribution in [0.25, 0.3) is 22.8 Å². The van der Waals surface area contributed by atoms with E-state index < -0.39 is 59.8 Å². The van der Waals surface area contributed by atoms with E-state index in [2.05, 4.69) is 20.1 Å². The minimum Gasteiger partial charge on any atom is -0.463 e. The first kappa shape index (κ1) is 36.9. The Bertz CT molecular complexity index is 1990. The van der Waals surface area contributed by atoms with Gasteiger partial charge in [-0.05, 0) is 60.9 Å². The van der Waals surface area contributed by atoms with Gasteiger partial charge < -0.3 is 10.5 Å². The molecule has 0 bridgehead atoms. The third kappa shape index (κ3) is 7.10. The molecule has 2 aliphatic rings. The van der Waals surface area contributed by atoms with E-state index in [1.54, 1.807) is 42.7 Å². The van der Waals surface area contributed by atoms with Crippen LogP contribution >= 0.6 is 11.6 Å². The van der Waals surface area contributed by atoms with E-state index in [0.717, 1.165) is 13.3 Å². The van der Waals surface area contributed by atoms with E-state index in [9.17, 15) is 27.2 Å². The van der Waals surface area contributed by atoms with Gasteiger partial charge in [-0.15, -0.1) is 0 Å². The molecule has 1 aliphatic carbocycles. The zero-order chi connectivity index (χ0) is 37.6. The highest BCUT2D eigenvalue weighted by Crippen LogP contribution is 2.59. The molecule has 16 heteroatoms. The van der Waals surface area contributed by atoms with Crippen LogP contribution in [-0.2, 0) is 19.9 Å². The lowest BCUT2D eigenvalue weighted by Gasteiger charge is -2.35. The molecule has 11 nitrogen and oxygen atoms in total. The summed E-state index contributed by atoms with van der Waals surface area (Å²) in [6.07, 6.45) is 4.18. The maximum atomic E-state index is 14.9. The van der Waals surface area contributed by atoms with Gasteiger partial charge in [-0.1, -0.05) is 62.7 Å². The largest absolute Gasteiger partial charge is 0.463 e. The smallest absolute Gasteiger partial charge is 0.335 e. The summed E-state index contributed by atoms with van der Waals surface area (Å²) in [4.78, 5) is 46.6. The maximum absolute atomic E-state index is 14.9. The van der Waals surface area contributed by atoms with E-state index in [-0.39, 0.29) is 47.2 Å². The number of carbonyl (C=O) groups excluding carboxylic acids is 2. The molecule has 1 aliphatic heterocycles. The van der Waals surface area contributed by atoms with Crippen LogP contribution in [0, 0.1) is 10.8 Å². The van der Waals surface area contributed by atoms with Gasteiger partial charge >= 0.3 is 12.5 Å². The number of nitrogens with zero attached hydrogens (tertiary/aromatic N) is 7. The van der Waals surface area contributed by atoms with Crippen molar-refractivity contribution in [1.29, 1.82) is 0 Å². The summed E-state index contributed by atoms with van der Waals surface area (Å²) in [5.41, 5.74) is 4.66. The van der Waals surface area contributed by atoms with Crippen molar-refractivity contribution in [1.82, 2.24) is 29.6 Å². The number of ether oxygens (including phenoxy) is 1. The number of esters is 1. The van der Waals surface area contributed by atoms with E-state index in [1.807, 2.05) is 20.8 Å². The lowest BCUT2D eigenvalue weighted by molar-refractivity contribution is -0.153. The van der Waals surface area contributed by atoms with Crippen molar-refractivity contribution < 1.29 is 31.9 Å². The highest BCUT2D eigenvalue weighted by atomic mass is 35.5. The minimum atomic E-state index is -3.10. The second-order valence-corrected chi connectivity index (χ2v) is 14.9. The quantitative estimate of drug-likeness (QED) is 0.117. The summed E-state index contributed by atoms with van der Waals surface area (Å²) in [7, 11) is 0. The second kappa shape index (κ2) is 13.6. The van der Waals surface area contributed by atoms with Gasteiger partial charge in [0, 0.05) is 28.9 Å². The van der Waals surface area contributed by atoms with Crippen LogP contribution in [0.4, 0.5) is 17.6 Å². The lowest BCUT2D eigenvalue weighted by Crippen LogP contribution is -2.47. The number of hydrogen-bond donors (Lipinski definition) is 1. The van der Waals surface area contributed by atoms with Crippen LogP contribution in [0.15, 0.2) is 72.2 Å². The lowest BCUT2D eigenvalue weighted by atomic mass is 9.75. The Morgan fingerprint density at radius 2 is 1.71 bits per heavy atom. The molecule has 2 aromatic carbocycles. The second-order valence-electron chi connectivity index (χ2n) is 14.5. The predicted molar refractivity (Wildman–Crippen MR) is 184 cm³/mol. The number of nitrogens with two attached hydrogens (primary N) is 1. The van der Waals surface area contributed by atoms with Gasteiger partial charge in [-0.25, -0.2) is 28.7 Å². The summed E-state index contributed by atoms with van der Waals surface area (Å²) >= 11 is 6.47.